The summed E-state index contributed by atoms with van der Waals surface area (Å²) in [7, 11) is 0. The first-order valence-corrected chi connectivity index (χ1v) is 12.2. The monoisotopic (exact) mass is 472 g/mol. The van der Waals surface area contributed by atoms with Gasteiger partial charge < -0.3 is 14.8 Å². The van der Waals surface area contributed by atoms with E-state index in [0.29, 0.717) is 11.6 Å². The number of rotatable bonds is 6. The van der Waals surface area contributed by atoms with Crippen molar-refractivity contribution in [3.63, 3.8) is 0 Å². The second-order valence-corrected chi connectivity index (χ2v) is 9.46. The summed E-state index contributed by atoms with van der Waals surface area (Å²) in [5, 5.41) is 3.80. The van der Waals surface area contributed by atoms with Gasteiger partial charge in [-0.05, 0) is 60.7 Å². The zero-order valence-corrected chi connectivity index (χ0v) is 20.1. The number of aromatic nitrogens is 2. The van der Waals surface area contributed by atoms with Gasteiger partial charge >= 0.3 is 0 Å². The molecule has 1 aromatic heterocycles. The molecule has 1 amide bonds. The minimum Gasteiger partial charge on any atom is -0.352 e. The Kier molecular flexibility index (Phi) is 6.54. The maximum atomic E-state index is 12.8. The van der Waals surface area contributed by atoms with Crippen molar-refractivity contribution in [2.45, 2.75) is 32.9 Å². The Balaban J connectivity index is 1.28. The number of fused-ring (bicyclic) bond motifs is 1. The SMILES string of the molecule is Cc1ccccc1Cn1c(N2CCC(C(=O)NCc3ccc(Cl)cc3)CC2)nc2ccccc21. The van der Waals surface area contributed by atoms with Gasteiger partial charge in [-0.1, -0.05) is 60.1 Å². The molecule has 0 radical (unpaired) electrons. The van der Waals surface area contributed by atoms with Crippen LogP contribution in [0.1, 0.15) is 29.5 Å². The van der Waals surface area contributed by atoms with Crippen LogP contribution in [0.25, 0.3) is 11.0 Å². The van der Waals surface area contributed by atoms with Crippen LogP contribution in [0, 0.1) is 12.8 Å². The maximum Gasteiger partial charge on any atom is 0.223 e. The van der Waals surface area contributed by atoms with Gasteiger partial charge in [0.2, 0.25) is 11.9 Å². The van der Waals surface area contributed by atoms with Crippen molar-refractivity contribution in [1.82, 2.24) is 14.9 Å². The first-order valence-electron chi connectivity index (χ1n) is 11.9. The molecule has 0 spiro atoms. The largest absolute Gasteiger partial charge is 0.352 e. The number of nitrogens with zero attached hydrogens (tertiary/aromatic N) is 3. The molecule has 4 aromatic rings. The topological polar surface area (TPSA) is 50.2 Å². The Morgan fingerprint density at radius 1 is 1.00 bits per heavy atom. The lowest BCUT2D eigenvalue weighted by Gasteiger charge is -2.32. The lowest BCUT2D eigenvalue weighted by molar-refractivity contribution is -0.125. The normalized spacial score (nSPS) is 14.5. The van der Waals surface area contributed by atoms with Crippen molar-refractivity contribution in [1.29, 1.82) is 0 Å². The van der Waals surface area contributed by atoms with E-state index in [-0.39, 0.29) is 11.8 Å². The van der Waals surface area contributed by atoms with Crippen molar-refractivity contribution in [2.24, 2.45) is 5.92 Å². The minimum atomic E-state index is 0.0257. The highest BCUT2D eigenvalue weighted by Gasteiger charge is 2.27. The van der Waals surface area contributed by atoms with Gasteiger partial charge in [-0.15, -0.1) is 0 Å². The molecule has 0 aliphatic carbocycles. The third kappa shape index (κ3) is 4.80. The van der Waals surface area contributed by atoms with Gasteiger partial charge in [0.1, 0.15) is 0 Å². The summed E-state index contributed by atoms with van der Waals surface area (Å²) in [6.45, 7) is 5.10. The van der Waals surface area contributed by atoms with Crippen molar-refractivity contribution >= 4 is 34.5 Å². The van der Waals surface area contributed by atoms with Crippen LogP contribution in [0.3, 0.4) is 0 Å². The van der Waals surface area contributed by atoms with Crippen molar-refractivity contribution < 1.29 is 4.79 Å². The number of hydrogen-bond acceptors (Lipinski definition) is 3. The molecule has 1 saturated heterocycles. The molecule has 0 bridgehead atoms. The predicted octanol–water partition coefficient (Wildman–Crippen LogP) is 5.58. The third-order valence-electron chi connectivity index (χ3n) is 6.75. The third-order valence-corrected chi connectivity index (χ3v) is 7.00. The van der Waals surface area contributed by atoms with E-state index in [9.17, 15) is 4.79 Å². The fraction of sp³-hybridized carbons (Fsp3) is 0.286. The highest BCUT2D eigenvalue weighted by atomic mass is 35.5. The van der Waals surface area contributed by atoms with Crippen LogP contribution >= 0.6 is 11.6 Å². The minimum absolute atomic E-state index is 0.0257. The highest BCUT2D eigenvalue weighted by molar-refractivity contribution is 6.30. The number of imidazole rings is 1. The van der Waals surface area contributed by atoms with E-state index in [1.807, 2.05) is 30.3 Å². The maximum absolute atomic E-state index is 12.8. The fourth-order valence-corrected chi connectivity index (χ4v) is 4.82. The van der Waals surface area contributed by atoms with Crippen LogP contribution in [0.4, 0.5) is 5.95 Å². The van der Waals surface area contributed by atoms with Crippen LogP contribution < -0.4 is 10.2 Å². The lowest BCUT2D eigenvalue weighted by atomic mass is 9.96. The number of para-hydroxylation sites is 2. The number of amides is 1. The van der Waals surface area contributed by atoms with Gasteiger partial charge in [0.25, 0.3) is 0 Å². The Labute approximate surface area is 205 Å². The molecule has 5 nitrogen and oxygen atoms in total. The number of benzene rings is 3. The first-order chi connectivity index (χ1) is 16.6. The Bertz CT molecular complexity index is 1290. The Morgan fingerprint density at radius 2 is 1.71 bits per heavy atom. The van der Waals surface area contributed by atoms with Crippen LogP contribution in [0.15, 0.2) is 72.8 Å². The van der Waals surface area contributed by atoms with Gasteiger partial charge in [0.15, 0.2) is 0 Å². The zero-order chi connectivity index (χ0) is 23.5. The molecule has 0 unspecified atom stereocenters. The van der Waals surface area contributed by atoms with Gasteiger partial charge in [0, 0.05) is 30.6 Å². The highest BCUT2D eigenvalue weighted by Crippen LogP contribution is 2.28. The Hall–Kier alpha value is -3.31. The predicted molar refractivity (Wildman–Crippen MR) is 138 cm³/mol. The zero-order valence-electron chi connectivity index (χ0n) is 19.4. The van der Waals surface area contributed by atoms with Crippen molar-refractivity contribution in [3.8, 4) is 0 Å². The first kappa shape index (κ1) is 22.5. The smallest absolute Gasteiger partial charge is 0.223 e. The number of piperidine rings is 1. The molecule has 0 atom stereocenters. The average Bonchev–Trinajstić information content (AvgIpc) is 3.23. The van der Waals surface area contributed by atoms with E-state index in [1.165, 1.54) is 11.1 Å². The fourth-order valence-electron chi connectivity index (χ4n) is 4.70. The molecule has 2 heterocycles. The molecule has 3 aromatic carbocycles. The van der Waals surface area contributed by atoms with Crippen molar-refractivity contribution in [2.75, 3.05) is 18.0 Å². The molecule has 34 heavy (non-hydrogen) atoms. The van der Waals surface area contributed by atoms with Gasteiger partial charge in [-0.3, -0.25) is 4.79 Å². The summed E-state index contributed by atoms with van der Waals surface area (Å²) >= 11 is 5.95. The van der Waals surface area contributed by atoms with Crippen LogP contribution in [-0.4, -0.2) is 28.5 Å². The summed E-state index contributed by atoms with van der Waals surface area (Å²) in [5.74, 6) is 1.14. The quantitative estimate of drug-likeness (QED) is 0.398. The summed E-state index contributed by atoms with van der Waals surface area (Å²) in [6.07, 6.45) is 1.64. The number of aryl methyl sites for hydroxylation is 1. The average molecular weight is 473 g/mol. The molecule has 1 fully saturated rings. The second-order valence-electron chi connectivity index (χ2n) is 9.02. The summed E-state index contributed by atoms with van der Waals surface area (Å²) < 4.78 is 2.32. The van der Waals surface area contributed by atoms with Crippen molar-refractivity contribution in [3.05, 3.63) is 94.5 Å². The van der Waals surface area contributed by atoms with E-state index in [2.05, 4.69) is 64.2 Å². The summed E-state index contributed by atoms with van der Waals surface area (Å²) in [4.78, 5) is 20.1. The van der Waals surface area contributed by atoms with Gasteiger partial charge in [-0.25, -0.2) is 4.98 Å². The second kappa shape index (κ2) is 9.90. The van der Waals surface area contributed by atoms with Crippen LogP contribution in [0.2, 0.25) is 5.02 Å². The molecule has 174 valence electrons. The molecule has 1 aliphatic rings. The van der Waals surface area contributed by atoms with E-state index >= 15 is 0 Å². The van der Waals surface area contributed by atoms with Gasteiger partial charge in [-0.2, -0.15) is 0 Å². The number of carbonyl (C=O) groups is 1. The standard InChI is InChI=1S/C28H29ClN4O/c1-20-6-2-3-7-23(20)19-33-26-9-5-4-8-25(26)31-28(33)32-16-14-22(15-17-32)27(34)30-18-21-10-12-24(29)13-11-21/h2-13,22H,14-19H2,1H3,(H,30,34). The van der Waals surface area contributed by atoms with E-state index in [1.54, 1.807) is 0 Å². The summed E-state index contributed by atoms with van der Waals surface area (Å²) in [6, 6.07) is 24.4. The van der Waals surface area contributed by atoms with Gasteiger partial charge in [0.05, 0.1) is 17.6 Å². The number of anilines is 1. The lowest BCUT2D eigenvalue weighted by Crippen LogP contribution is -2.41. The van der Waals surface area contributed by atoms with Crippen LogP contribution in [-0.2, 0) is 17.9 Å². The number of halogens is 1. The molecule has 0 saturated carbocycles. The van der Waals surface area contributed by atoms with E-state index in [4.69, 9.17) is 16.6 Å². The molecular formula is C28H29ClN4O. The number of hydrogen-bond donors (Lipinski definition) is 1. The molecule has 1 N–H and O–H groups in total. The Morgan fingerprint density at radius 3 is 2.47 bits per heavy atom. The molecule has 5 rings (SSSR count). The molecule has 1 aliphatic heterocycles. The summed E-state index contributed by atoms with van der Waals surface area (Å²) in [5.41, 5.74) is 5.78. The number of carbonyl (C=O) groups excluding carboxylic acids is 1. The van der Waals surface area contributed by atoms with E-state index in [0.717, 1.165) is 55.0 Å². The molecular weight excluding hydrogens is 444 g/mol. The van der Waals surface area contributed by atoms with Crippen LogP contribution in [0.5, 0.6) is 0 Å². The number of nitrogens with one attached hydrogen (secondary N) is 1. The van der Waals surface area contributed by atoms with E-state index < -0.39 is 0 Å². The molecule has 6 heteroatoms.